The summed E-state index contributed by atoms with van der Waals surface area (Å²) in [7, 11) is 0. The van der Waals surface area contributed by atoms with Crippen LogP contribution in [0.1, 0.15) is 26.2 Å². The van der Waals surface area contributed by atoms with Crippen molar-refractivity contribution in [1.82, 2.24) is 5.32 Å². The topological polar surface area (TPSA) is 178 Å². The SMILES string of the molecule is CC(=O)CCOCCOCCOCCOCCNC(=O)CC(O)(CC(=O)O)C(=O)O. The number of amides is 1. The van der Waals surface area contributed by atoms with E-state index in [0.29, 0.717) is 46.1 Å². The first kappa shape index (κ1) is 27.9. The van der Waals surface area contributed by atoms with E-state index in [2.05, 4.69) is 5.32 Å². The molecule has 0 aliphatic rings. The summed E-state index contributed by atoms with van der Waals surface area (Å²) in [6.45, 7) is 4.22. The number of carbonyl (C=O) groups is 4. The van der Waals surface area contributed by atoms with Crippen LogP contribution in [0.3, 0.4) is 0 Å². The number of nitrogens with one attached hydrogen (secondary N) is 1. The minimum absolute atomic E-state index is 0.0638. The molecule has 0 rings (SSSR count). The molecule has 12 nitrogen and oxygen atoms in total. The summed E-state index contributed by atoms with van der Waals surface area (Å²) < 4.78 is 21.0. The van der Waals surface area contributed by atoms with E-state index in [0.717, 1.165) is 0 Å². The number of hydrogen-bond donors (Lipinski definition) is 4. The van der Waals surface area contributed by atoms with E-state index in [9.17, 15) is 24.3 Å². The molecule has 1 atom stereocenters. The second-order valence-corrected chi connectivity index (χ2v) is 6.34. The van der Waals surface area contributed by atoms with Gasteiger partial charge in [0.15, 0.2) is 5.60 Å². The zero-order valence-corrected chi connectivity index (χ0v) is 17.1. The molecule has 0 radical (unpaired) electrons. The van der Waals surface area contributed by atoms with Gasteiger partial charge >= 0.3 is 11.9 Å². The molecule has 0 saturated carbocycles. The number of hydrogen-bond acceptors (Lipinski definition) is 9. The highest BCUT2D eigenvalue weighted by molar-refractivity contribution is 5.90. The Morgan fingerprint density at radius 1 is 0.767 bits per heavy atom. The molecule has 0 aromatic carbocycles. The molecule has 0 spiro atoms. The summed E-state index contributed by atoms with van der Waals surface area (Å²) >= 11 is 0. The third-order valence-electron chi connectivity index (χ3n) is 3.58. The fourth-order valence-corrected chi connectivity index (χ4v) is 2.03. The van der Waals surface area contributed by atoms with E-state index < -0.39 is 36.3 Å². The first-order chi connectivity index (χ1) is 14.2. The van der Waals surface area contributed by atoms with Gasteiger partial charge in [0.1, 0.15) is 5.78 Å². The smallest absolute Gasteiger partial charge is 0.336 e. The van der Waals surface area contributed by atoms with E-state index >= 15 is 0 Å². The van der Waals surface area contributed by atoms with Gasteiger partial charge < -0.3 is 39.6 Å². The summed E-state index contributed by atoms with van der Waals surface area (Å²) in [5, 5.41) is 29.6. The molecule has 174 valence electrons. The summed E-state index contributed by atoms with van der Waals surface area (Å²) in [6, 6.07) is 0. The minimum Gasteiger partial charge on any atom is -0.481 e. The molecular formula is C18H31NO11. The number of ether oxygens (including phenoxy) is 4. The molecule has 1 unspecified atom stereocenters. The van der Waals surface area contributed by atoms with Gasteiger partial charge in [-0.1, -0.05) is 0 Å². The van der Waals surface area contributed by atoms with Crippen LogP contribution in [-0.4, -0.2) is 104 Å². The second-order valence-electron chi connectivity index (χ2n) is 6.34. The summed E-state index contributed by atoms with van der Waals surface area (Å²) in [4.78, 5) is 43.9. The molecule has 4 N–H and O–H groups in total. The average Bonchev–Trinajstić information content (AvgIpc) is 2.63. The summed E-state index contributed by atoms with van der Waals surface area (Å²) in [5.74, 6) is -4.03. The van der Waals surface area contributed by atoms with Crippen molar-refractivity contribution in [2.24, 2.45) is 0 Å². The normalized spacial score (nSPS) is 12.9. The fraction of sp³-hybridized carbons (Fsp3) is 0.778. The Kier molecular flexibility index (Phi) is 15.5. The first-order valence-electron chi connectivity index (χ1n) is 9.42. The maximum Gasteiger partial charge on any atom is 0.336 e. The molecule has 0 heterocycles. The van der Waals surface area contributed by atoms with Crippen molar-refractivity contribution >= 4 is 23.6 Å². The lowest BCUT2D eigenvalue weighted by molar-refractivity contribution is -0.167. The van der Waals surface area contributed by atoms with Crippen LogP contribution in [0.25, 0.3) is 0 Å². The molecule has 0 bridgehead atoms. The standard InChI is InChI=1S/C18H31NO11/c1-14(20)2-4-27-6-8-29-10-11-30-9-7-28-5-3-19-15(21)12-18(26,17(24)25)13-16(22)23/h26H,2-13H2,1H3,(H,19,21)(H,22,23)(H,24,25). The molecule has 1 amide bonds. The quantitative estimate of drug-likeness (QED) is 0.169. The van der Waals surface area contributed by atoms with Crippen molar-refractivity contribution in [2.75, 3.05) is 59.4 Å². The number of carbonyl (C=O) groups excluding carboxylic acids is 2. The van der Waals surface area contributed by atoms with Crippen molar-refractivity contribution in [3.63, 3.8) is 0 Å². The van der Waals surface area contributed by atoms with E-state index in [1.807, 2.05) is 0 Å². The Hall–Kier alpha value is -2.12. The van der Waals surface area contributed by atoms with Crippen molar-refractivity contribution in [1.29, 1.82) is 0 Å². The van der Waals surface area contributed by atoms with Gasteiger partial charge in [-0.2, -0.15) is 0 Å². The van der Waals surface area contributed by atoms with Gasteiger partial charge in [0, 0.05) is 13.0 Å². The first-order valence-corrected chi connectivity index (χ1v) is 9.42. The lowest BCUT2D eigenvalue weighted by Gasteiger charge is -2.20. The van der Waals surface area contributed by atoms with Crippen LogP contribution in [-0.2, 0) is 38.1 Å². The van der Waals surface area contributed by atoms with Gasteiger partial charge in [-0.3, -0.25) is 14.4 Å². The molecule has 0 aliphatic carbocycles. The molecule has 0 aliphatic heterocycles. The maximum absolute atomic E-state index is 11.6. The van der Waals surface area contributed by atoms with Gasteiger partial charge in [-0.25, -0.2) is 4.79 Å². The Morgan fingerprint density at radius 2 is 1.23 bits per heavy atom. The third-order valence-corrected chi connectivity index (χ3v) is 3.58. The van der Waals surface area contributed by atoms with Crippen molar-refractivity contribution in [3.8, 4) is 0 Å². The Labute approximate surface area is 174 Å². The Balaban J connectivity index is 3.55. The number of aliphatic hydroxyl groups is 1. The highest BCUT2D eigenvalue weighted by atomic mass is 16.6. The number of aliphatic carboxylic acids is 2. The van der Waals surface area contributed by atoms with E-state index in [1.165, 1.54) is 6.92 Å². The lowest BCUT2D eigenvalue weighted by Crippen LogP contribution is -2.45. The molecule has 12 heteroatoms. The molecule has 0 saturated heterocycles. The number of ketones is 1. The van der Waals surface area contributed by atoms with Crippen LogP contribution >= 0.6 is 0 Å². The van der Waals surface area contributed by atoms with Gasteiger partial charge in [0.2, 0.25) is 5.91 Å². The average molecular weight is 437 g/mol. The fourth-order valence-electron chi connectivity index (χ4n) is 2.03. The Bertz CT molecular complexity index is 540. The van der Waals surface area contributed by atoms with Crippen molar-refractivity contribution in [3.05, 3.63) is 0 Å². The van der Waals surface area contributed by atoms with Gasteiger partial charge in [-0.15, -0.1) is 0 Å². The summed E-state index contributed by atoms with van der Waals surface area (Å²) in [5.41, 5.74) is -2.66. The van der Waals surface area contributed by atoms with Crippen LogP contribution < -0.4 is 5.32 Å². The second kappa shape index (κ2) is 16.7. The number of rotatable bonds is 20. The van der Waals surface area contributed by atoms with Gasteiger partial charge in [-0.05, 0) is 6.92 Å². The predicted molar refractivity (Wildman–Crippen MR) is 101 cm³/mol. The molecule has 0 aromatic rings. The van der Waals surface area contributed by atoms with E-state index in [1.54, 1.807) is 0 Å². The highest BCUT2D eigenvalue weighted by Gasteiger charge is 2.40. The Morgan fingerprint density at radius 3 is 1.67 bits per heavy atom. The summed E-state index contributed by atoms with van der Waals surface area (Å²) in [6.07, 6.45) is -1.57. The zero-order chi connectivity index (χ0) is 22.8. The van der Waals surface area contributed by atoms with E-state index in [-0.39, 0.29) is 25.5 Å². The largest absolute Gasteiger partial charge is 0.481 e. The molecular weight excluding hydrogens is 406 g/mol. The van der Waals surface area contributed by atoms with Crippen LogP contribution in [0.2, 0.25) is 0 Å². The monoisotopic (exact) mass is 437 g/mol. The predicted octanol–water partition coefficient (Wildman–Crippen LogP) is -1.17. The van der Waals surface area contributed by atoms with Crippen molar-refractivity contribution < 1.29 is 53.4 Å². The minimum atomic E-state index is -2.66. The number of carboxylic acid groups (broad SMARTS) is 2. The van der Waals surface area contributed by atoms with Gasteiger partial charge in [0.25, 0.3) is 0 Å². The van der Waals surface area contributed by atoms with Crippen LogP contribution in [0.4, 0.5) is 0 Å². The highest BCUT2D eigenvalue weighted by Crippen LogP contribution is 2.15. The van der Waals surface area contributed by atoms with Crippen molar-refractivity contribution in [2.45, 2.75) is 31.8 Å². The zero-order valence-electron chi connectivity index (χ0n) is 17.1. The van der Waals surface area contributed by atoms with Crippen LogP contribution in [0, 0.1) is 0 Å². The van der Waals surface area contributed by atoms with Crippen LogP contribution in [0.15, 0.2) is 0 Å². The molecule has 0 fully saturated rings. The van der Waals surface area contributed by atoms with Gasteiger partial charge in [0.05, 0.1) is 65.7 Å². The molecule has 30 heavy (non-hydrogen) atoms. The number of carboxylic acids is 2. The maximum atomic E-state index is 11.6. The number of Topliss-reactive ketones (excluding diaryl/α,β-unsaturated/α-hetero) is 1. The van der Waals surface area contributed by atoms with E-state index in [4.69, 9.17) is 29.2 Å². The molecule has 0 aromatic heterocycles. The third kappa shape index (κ3) is 15.8. The lowest BCUT2D eigenvalue weighted by atomic mass is 9.95. The van der Waals surface area contributed by atoms with Crippen LogP contribution in [0.5, 0.6) is 0 Å².